The molecule has 22 heavy (non-hydrogen) atoms. The maximum atomic E-state index is 12.5. The fourth-order valence-electron chi connectivity index (χ4n) is 3.47. The highest BCUT2D eigenvalue weighted by atomic mass is 32.2. The van der Waals surface area contributed by atoms with Crippen molar-refractivity contribution in [2.45, 2.75) is 58.9 Å². The van der Waals surface area contributed by atoms with Crippen molar-refractivity contribution >= 4 is 29.0 Å². The summed E-state index contributed by atoms with van der Waals surface area (Å²) in [5, 5.41) is 3.24. The molecular weight excluding hydrogens is 310 g/mol. The average Bonchev–Trinajstić information content (AvgIpc) is 2.90. The number of hydrogen-bond donors (Lipinski definition) is 1. The zero-order chi connectivity index (χ0) is 15.7. The Morgan fingerprint density at radius 1 is 1.23 bits per heavy atom. The Balaban J connectivity index is 1.67. The summed E-state index contributed by atoms with van der Waals surface area (Å²) in [6.45, 7) is 7.01. The maximum absolute atomic E-state index is 12.5. The first-order valence-corrected chi connectivity index (χ1v) is 10.4. The molecule has 1 aromatic heterocycles. The minimum Gasteiger partial charge on any atom is -0.349 e. The number of rotatable bonds is 2. The lowest BCUT2D eigenvalue weighted by atomic mass is 9.72. The second-order valence-corrected chi connectivity index (χ2v) is 10.1. The number of aryl methyl sites for hydroxylation is 1. The highest BCUT2D eigenvalue weighted by Crippen LogP contribution is 2.40. The highest BCUT2D eigenvalue weighted by molar-refractivity contribution is 7.99. The average molecular weight is 338 g/mol. The molecule has 0 spiro atoms. The van der Waals surface area contributed by atoms with E-state index >= 15 is 0 Å². The van der Waals surface area contributed by atoms with Crippen LogP contribution in [0.3, 0.4) is 0 Å². The van der Waals surface area contributed by atoms with E-state index in [-0.39, 0.29) is 5.91 Å². The normalized spacial score (nSPS) is 23.1. The molecule has 1 amide bonds. The van der Waals surface area contributed by atoms with Gasteiger partial charge in [-0.1, -0.05) is 20.8 Å². The van der Waals surface area contributed by atoms with E-state index < -0.39 is 0 Å². The molecule has 3 rings (SSSR count). The zero-order valence-electron chi connectivity index (χ0n) is 13.9. The van der Waals surface area contributed by atoms with E-state index in [0.29, 0.717) is 11.5 Å². The van der Waals surface area contributed by atoms with E-state index in [1.807, 2.05) is 11.8 Å². The standard InChI is InChI=1S/C18H27NOS2/c1-18(2,3)13-4-5-15-12(10-13)11-16(22-15)17(20)19-14-6-8-21-9-7-14/h11,13-14H,4-10H2,1-3H3,(H,19,20). The molecule has 1 aromatic rings. The van der Waals surface area contributed by atoms with Crippen LogP contribution in [0.15, 0.2) is 6.07 Å². The molecule has 2 aliphatic rings. The summed E-state index contributed by atoms with van der Waals surface area (Å²) in [6.07, 6.45) is 5.79. The summed E-state index contributed by atoms with van der Waals surface area (Å²) in [5.41, 5.74) is 1.79. The molecule has 1 aliphatic heterocycles. The molecule has 1 N–H and O–H groups in total. The quantitative estimate of drug-likeness (QED) is 0.859. The fourth-order valence-corrected chi connectivity index (χ4v) is 5.69. The summed E-state index contributed by atoms with van der Waals surface area (Å²) in [7, 11) is 0. The van der Waals surface area contributed by atoms with Crippen molar-refractivity contribution in [3.8, 4) is 0 Å². The summed E-state index contributed by atoms with van der Waals surface area (Å²) in [5.74, 6) is 3.25. The van der Waals surface area contributed by atoms with Crippen molar-refractivity contribution in [2.75, 3.05) is 11.5 Å². The van der Waals surface area contributed by atoms with Crippen LogP contribution in [-0.2, 0) is 12.8 Å². The number of thiophene rings is 1. The Morgan fingerprint density at radius 3 is 2.64 bits per heavy atom. The minimum absolute atomic E-state index is 0.156. The molecule has 1 atom stereocenters. The van der Waals surface area contributed by atoms with Gasteiger partial charge in [0.25, 0.3) is 5.91 Å². The predicted molar refractivity (Wildman–Crippen MR) is 97.1 cm³/mol. The lowest BCUT2D eigenvalue weighted by Crippen LogP contribution is -2.36. The highest BCUT2D eigenvalue weighted by Gasteiger charge is 2.30. The van der Waals surface area contributed by atoms with Gasteiger partial charge in [0.15, 0.2) is 0 Å². The van der Waals surface area contributed by atoms with Crippen LogP contribution >= 0.6 is 23.1 Å². The Labute approximate surface area is 142 Å². The Kier molecular flexibility index (Phi) is 4.89. The molecule has 0 aromatic carbocycles. The van der Waals surface area contributed by atoms with Crippen molar-refractivity contribution in [3.05, 3.63) is 21.4 Å². The van der Waals surface area contributed by atoms with Crippen molar-refractivity contribution in [1.82, 2.24) is 5.32 Å². The van der Waals surface area contributed by atoms with E-state index in [1.165, 1.54) is 28.4 Å². The van der Waals surface area contributed by atoms with Gasteiger partial charge >= 0.3 is 0 Å². The molecule has 1 unspecified atom stereocenters. The van der Waals surface area contributed by atoms with Crippen LogP contribution in [0.5, 0.6) is 0 Å². The molecule has 1 saturated heterocycles. The van der Waals surface area contributed by atoms with E-state index in [9.17, 15) is 4.79 Å². The van der Waals surface area contributed by atoms with Crippen LogP contribution < -0.4 is 5.32 Å². The van der Waals surface area contributed by atoms with Crippen LogP contribution in [0, 0.1) is 11.3 Å². The Hall–Kier alpha value is -0.480. The molecule has 1 fully saturated rings. The second kappa shape index (κ2) is 6.56. The van der Waals surface area contributed by atoms with E-state index in [0.717, 1.165) is 36.5 Å². The fraction of sp³-hybridized carbons (Fsp3) is 0.722. The molecule has 0 bridgehead atoms. The third-order valence-corrected chi connectivity index (χ3v) is 7.37. The van der Waals surface area contributed by atoms with Gasteiger partial charge in [-0.15, -0.1) is 11.3 Å². The van der Waals surface area contributed by atoms with Crippen LogP contribution in [0.4, 0.5) is 0 Å². The number of hydrogen-bond acceptors (Lipinski definition) is 3. The predicted octanol–water partition coefficient (Wildman–Crippen LogP) is 4.52. The third-order valence-electron chi connectivity index (χ3n) is 5.09. The van der Waals surface area contributed by atoms with E-state index in [1.54, 1.807) is 11.3 Å². The van der Waals surface area contributed by atoms with Gasteiger partial charge in [-0.2, -0.15) is 11.8 Å². The van der Waals surface area contributed by atoms with Crippen LogP contribution in [0.2, 0.25) is 0 Å². The topological polar surface area (TPSA) is 29.1 Å². The van der Waals surface area contributed by atoms with Gasteiger partial charge in [-0.3, -0.25) is 4.79 Å². The molecule has 1 aliphatic carbocycles. The lowest BCUT2D eigenvalue weighted by molar-refractivity contribution is 0.0939. The molecule has 2 heterocycles. The van der Waals surface area contributed by atoms with Crippen molar-refractivity contribution in [3.63, 3.8) is 0 Å². The first-order chi connectivity index (χ1) is 10.4. The number of nitrogens with one attached hydrogen (secondary N) is 1. The third kappa shape index (κ3) is 3.70. The number of fused-ring (bicyclic) bond motifs is 1. The number of carbonyl (C=O) groups is 1. The van der Waals surface area contributed by atoms with Gasteiger partial charge < -0.3 is 5.32 Å². The number of thioether (sulfide) groups is 1. The maximum Gasteiger partial charge on any atom is 0.261 e. The minimum atomic E-state index is 0.156. The van der Waals surface area contributed by atoms with Gasteiger partial charge in [0.2, 0.25) is 0 Å². The van der Waals surface area contributed by atoms with Gasteiger partial charge in [-0.05, 0) is 66.6 Å². The largest absolute Gasteiger partial charge is 0.349 e. The summed E-state index contributed by atoms with van der Waals surface area (Å²) < 4.78 is 0. The molecule has 0 radical (unpaired) electrons. The van der Waals surface area contributed by atoms with Crippen molar-refractivity contribution < 1.29 is 4.79 Å². The second-order valence-electron chi connectivity index (χ2n) is 7.72. The molecule has 2 nitrogen and oxygen atoms in total. The molecule has 0 saturated carbocycles. The summed E-state index contributed by atoms with van der Waals surface area (Å²) in [4.78, 5) is 14.9. The molecule has 4 heteroatoms. The first-order valence-electron chi connectivity index (χ1n) is 8.43. The smallest absolute Gasteiger partial charge is 0.261 e. The summed E-state index contributed by atoms with van der Waals surface area (Å²) >= 11 is 3.72. The number of carbonyl (C=O) groups excluding carboxylic acids is 1. The van der Waals surface area contributed by atoms with Gasteiger partial charge in [-0.25, -0.2) is 0 Å². The van der Waals surface area contributed by atoms with Crippen LogP contribution in [-0.4, -0.2) is 23.5 Å². The monoisotopic (exact) mass is 337 g/mol. The van der Waals surface area contributed by atoms with Gasteiger partial charge in [0, 0.05) is 10.9 Å². The molecular formula is C18H27NOS2. The molecule has 122 valence electrons. The van der Waals surface area contributed by atoms with Crippen molar-refractivity contribution in [1.29, 1.82) is 0 Å². The van der Waals surface area contributed by atoms with E-state index in [4.69, 9.17) is 0 Å². The lowest BCUT2D eigenvalue weighted by Gasteiger charge is -2.33. The van der Waals surface area contributed by atoms with Gasteiger partial charge in [0.05, 0.1) is 4.88 Å². The zero-order valence-corrected chi connectivity index (χ0v) is 15.5. The Bertz CT molecular complexity index is 538. The van der Waals surface area contributed by atoms with Gasteiger partial charge in [0.1, 0.15) is 0 Å². The van der Waals surface area contributed by atoms with Crippen LogP contribution in [0.25, 0.3) is 0 Å². The van der Waals surface area contributed by atoms with E-state index in [2.05, 4.69) is 32.2 Å². The number of amides is 1. The van der Waals surface area contributed by atoms with Crippen molar-refractivity contribution in [2.24, 2.45) is 11.3 Å². The SMILES string of the molecule is CC(C)(C)C1CCc2sc(C(=O)NC3CCSCC3)cc2C1. The van der Waals surface area contributed by atoms with Crippen LogP contribution in [0.1, 0.15) is 60.1 Å². The first kappa shape index (κ1) is 16.4. The summed E-state index contributed by atoms with van der Waals surface area (Å²) in [6, 6.07) is 2.56. The Morgan fingerprint density at radius 2 is 1.95 bits per heavy atom.